The molecule has 0 radical (unpaired) electrons. The van der Waals surface area contributed by atoms with Gasteiger partial charge in [0.15, 0.2) is 11.5 Å². The van der Waals surface area contributed by atoms with Crippen LogP contribution in [0, 0.1) is 0 Å². The molecule has 0 unspecified atom stereocenters. The number of nitrogens with zero attached hydrogens (tertiary/aromatic N) is 1. The fraction of sp³-hybridized carbons (Fsp3) is 0.0667. The van der Waals surface area contributed by atoms with E-state index in [0.717, 1.165) is 10.4 Å². The lowest BCUT2D eigenvalue weighted by molar-refractivity contribution is 0.0942. The third-order valence-electron chi connectivity index (χ3n) is 2.87. The maximum absolute atomic E-state index is 12.0. The van der Waals surface area contributed by atoms with Crippen molar-refractivity contribution in [2.45, 2.75) is 6.54 Å². The largest absolute Gasteiger partial charge is 0.355 e. The highest BCUT2D eigenvalue weighted by atomic mass is 35.5. The van der Waals surface area contributed by atoms with Gasteiger partial charge in [-0.15, -0.1) is 11.3 Å². The minimum atomic E-state index is -0.257. The van der Waals surface area contributed by atoms with Gasteiger partial charge in [-0.25, -0.2) is 0 Å². The summed E-state index contributed by atoms with van der Waals surface area (Å²) in [4.78, 5) is 13.1. The van der Waals surface area contributed by atoms with E-state index >= 15 is 0 Å². The summed E-state index contributed by atoms with van der Waals surface area (Å²) < 4.78 is 5.20. The normalized spacial score (nSPS) is 10.5. The van der Waals surface area contributed by atoms with Crippen LogP contribution in [0.25, 0.3) is 11.3 Å². The first-order valence-electron chi connectivity index (χ1n) is 6.25. The molecule has 106 valence electrons. The Morgan fingerprint density at radius 3 is 2.81 bits per heavy atom. The van der Waals surface area contributed by atoms with Crippen LogP contribution < -0.4 is 5.32 Å². The molecule has 0 saturated carbocycles. The van der Waals surface area contributed by atoms with Crippen molar-refractivity contribution >= 4 is 28.8 Å². The van der Waals surface area contributed by atoms with E-state index in [1.165, 1.54) is 0 Å². The van der Waals surface area contributed by atoms with Gasteiger partial charge in [0.25, 0.3) is 5.91 Å². The van der Waals surface area contributed by atoms with Crippen LogP contribution in [0.5, 0.6) is 0 Å². The van der Waals surface area contributed by atoms with E-state index < -0.39 is 0 Å². The second-order valence-corrected chi connectivity index (χ2v) is 5.81. The molecular weight excluding hydrogens is 308 g/mol. The number of halogens is 1. The van der Waals surface area contributed by atoms with Crippen molar-refractivity contribution in [1.29, 1.82) is 0 Å². The number of carbonyl (C=O) groups excluding carboxylic acids is 1. The number of thiophene rings is 1. The lowest BCUT2D eigenvalue weighted by Gasteiger charge is -1.99. The van der Waals surface area contributed by atoms with Crippen LogP contribution in [-0.4, -0.2) is 11.1 Å². The van der Waals surface area contributed by atoms with Crippen LogP contribution in [0.1, 0.15) is 15.4 Å². The second-order valence-electron chi connectivity index (χ2n) is 4.35. The molecule has 1 amide bonds. The first-order valence-corrected chi connectivity index (χ1v) is 7.51. The van der Waals surface area contributed by atoms with Crippen molar-refractivity contribution in [2.24, 2.45) is 0 Å². The molecule has 21 heavy (non-hydrogen) atoms. The number of hydrogen-bond acceptors (Lipinski definition) is 4. The molecule has 6 heteroatoms. The molecule has 2 aromatic heterocycles. The van der Waals surface area contributed by atoms with Crippen molar-refractivity contribution in [2.75, 3.05) is 0 Å². The zero-order chi connectivity index (χ0) is 14.7. The van der Waals surface area contributed by atoms with Crippen molar-refractivity contribution in [3.8, 4) is 11.3 Å². The summed E-state index contributed by atoms with van der Waals surface area (Å²) in [7, 11) is 0. The van der Waals surface area contributed by atoms with Crippen LogP contribution in [-0.2, 0) is 6.54 Å². The molecule has 0 spiro atoms. The predicted octanol–water partition coefficient (Wildman–Crippen LogP) is 3.99. The summed E-state index contributed by atoms with van der Waals surface area (Å²) in [6, 6.07) is 12.7. The van der Waals surface area contributed by atoms with E-state index in [2.05, 4.69) is 10.5 Å². The number of hydrogen-bond donors (Lipinski definition) is 1. The highest BCUT2D eigenvalue weighted by molar-refractivity contribution is 7.09. The summed E-state index contributed by atoms with van der Waals surface area (Å²) in [5.74, 6) is 0.278. The van der Waals surface area contributed by atoms with Crippen molar-refractivity contribution < 1.29 is 9.32 Å². The predicted molar refractivity (Wildman–Crippen MR) is 82.4 cm³/mol. The Morgan fingerprint density at radius 2 is 2.10 bits per heavy atom. The lowest BCUT2D eigenvalue weighted by Crippen LogP contribution is -2.22. The Hall–Kier alpha value is -2.11. The molecule has 1 aromatic carbocycles. The molecule has 3 rings (SSSR count). The monoisotopic (exact) mass is 318 g/mol. The van der Waals surface area contributed by atoms with Gasteiger partial charge in [-0.05, 0) is 35.7 Å². The quantitative estimate of drug-likeness (QED) is 0.791. The van der Waals surface area contributed by atoms with Crippen molar-refractivity contribution in [1.82, 2.24) is 10.5 Å². The average molecular weight is 319 g/mol. The molecule has 0 aliphatic rings. The van der Waals surface area contributed by atoms with Gasteiger partial charge >= 0.3 is 0 Å². The fourth-order valence-corrected chi connectivity index (χ4v) is 2.57. The second kappa shape index (κ2) is 6.11. The molecule has 3 aromatic rings. The summed E-state index contributed by atoms with van der Waals surface area (Å²) in [5, 5.41) is 9.22. The average Bonchev–Trinajstić information content (AvgIpc) is 3.17. The highest BCUT2D eigenvalue weighted by Crippen LogP contribution is 2.22. The minimum absolute atomic E-state index is 0.257. The Bertz CT molecular complexity index is 735. The molecule has 0 saturated heterocycles. The first kappa shape index (κ1) is 13.9. The van der Waals surface area contributed by atoms with Crippen molar-refractivity contribution in [3.05, 3.63) is 63.4 Å². The smallest absolute Gasteiger partial charge is 0.273 e. The minimum Gasteiger partial charge on any atom is -0.355 e. The molecule has 0 bridgehead atoms. The lowest BCUT2D eigenvalue weighted by atomic mass is 10.1. The van der Waals surface area contributed by atoms with Crippen LogP contribution in [0.2, 0.25) is 5.02 Å². The Balaban J connectivity index is 1.69. The Morgan fingerprint density at radius 1 is 1.29 bits per heavy atom. The van der Waals surface area contributed by atoms with E-state index in [4.69, 9.17) is 16.1 Å². The van der Waals surface area contributed by atoms with E-state index in [0.29, 0.717) is 17.3 Å². The fourth-order valence-electron chi connectivity index (χ4n) is 1.80. The maximum atomic E-state index is 12.0. The summed E-state index contributed by atoms with van der Waals surface area (Å²) in [5.41, 5.74) is 1.08. The number of aromatic nitrogens is 1. The number of benzene rings is 1. The Labute approximate surface area is 130 Å². The van der Waals surface area contributed by atoms with Gasteiger partial charge in [0, 0.05) is 21.5 Å². The zero-order valence-corrected chi connectivity index (χ0v) is 12.4. The van der Waals surface area contributed by atoms with Crippen LogP contribution in [0.15, 0.2) is 52.4 Å². The van der Waals surface area contributed by atoms with Crippen LogP contribution in [0.4, 0.5) is 0 Å². The summed E-state index contributed by atoms with van der Waals surface area (Å²) in [6.07, 6.45) is 0. The molecule has 0 fully saturated rings. The Kier molecular flexibility index (Phi) is 4.03. The van der Waals surface area contributed by atoms with Gasteiger partial charge in [-0.3, -0.25) is 4.79 Å². The summed E-state index contributed by atoms with van der Waals surface area (Å²) in [6.45, 7) is 0.486. The maximum Gasteiger partial charge on any atom is 0.273 e. The first-order chi connectivity index (χ1) is 10.2. The van der Waals surface area contributed by atoms with Crippen LogP contribution in [0.3, 0.4) is 0 Å². The van der Waals surface area contributed by atoms with E-state index in [-0.39, 0.29) is 11.6 Å². The van der Waals surface area contributed by atoms with Gasteiger partial charge < -0.3 is 9.84 Å². The number of nitrogens with one attached hydrogen (secondary N) is 1. The van der Waals surface area contributed by atoms with Gasteiger partial charge in [0.05, 0.1) is 6.54 Å². The molecular formula is C15H11ClN2O2S. The molecule has 2 heterocycles. The van der Waals surface area contributed by atoms with E-state index in [9.17, 15) is 4.79 Å². The number of amides is 1. The molecule has 4 nitrogen and oxygen atoms in total. The van der Waals surface area contributed by atoms with Gasteiger partial charge in [-0.2, -0.15) is 0 Å². The van der Waals surface area contributed by atoms with E-state index in [1.807, 2.05) is 29.6 Å². The SMILES string of the molecule is O=C(NCc1cccs1)c1cc(-c2ccc(Cl)cc2)on1. The van der Waals surface area contributed by atoms with Gasteiger partial charge in [-0.1, -0.05) is 22.8 Å². The van der Waals surface area contributed by atoms with Gasteiger partial charge in [0.1, 0.15) is 0 Å². The van der Waals surface area contributed by atoms with Crippen LogP contribution >= 0.6 is 22.9 Å². The standard InChI is InChI=1S/C15H11ClN2O2S/c16-11-5-3-10(4-6-11)14-8-13(18-20-14)15(19)17-9-12-2-1-7-21-12/h1-8H,9H2,(H,17,19). The molecule has 0 atom stereocenters. The van der Waals surface area contributed by atoms with Crippen molar-refractivity contribution in [3.63, 3.8) is 0 Å². The third kappa shape index (κ3) is 3.32. The third-order valence-corrected chi connectivity index (χ3v) is 4.00. The summed E-state index contributed by atoms with van der Waals surface area (Å²) >= 11 is 7.43. The topological polar surface area (TPSA) is 55.1 Å². The number of carbonyl (C=O) groups is 1. The van der Waals surface area contributed by atoms with E-state index in [1.54, 1.807) is 29.5 Å². The molecule has 0 aliphatic heterocycles. The molecule has 0 aliphatic carbocycles. The molecule has 1 N–H and O–H groups in total. The zero-order valence-electron chi connectivity index (χ0n) is 10.9. The van der Waals surface area contributed by atoms with Gasteiger partial charge in [0.2, 0.25) is 0 Å². The number of rotatable bonds is 4. The highest BCUT2D eigenvalue weighted by Gasteiger charge is 2.13.